The molecule has 0 heterocycles. The highest BCUT2D eigenvalue weighted by molar-refractivity contribution is 5.91. The van der Waals surface area contributed by atoms with Crippen molar-refractivity contribution < 1.29 is 19.1 Å². The Morgan fingerprint density at radius 1 is 0.929 bits per heavy atom. The van der Waals surface area contributed by atoms with Gasteiger partial charge < -0.3 is 9.47 Å². The molecule has 0 aliphatic heterocycles. The number of hydrogen-bond acceptors (Lipinski definition) is 4. The van der Waals surface area contributed by atoms with Crippen LogP contribution < -0.4 is 0 Å². The molecule has 0 amide bonds. The Morgan fingerprint density at radius 3 is 2.14 bits per heavy atom. The normalized spacial score (nSPS) is 12.3. The van der Waals surface area contributed by atoms with Crippen molar-refractivity contribution in [2.45, 2.75) is 58.5 Å². The monoisotopic (exact) mass is 382 g/mol. The molecule has 0 bridgehead atoms. The van der Waals surface area contributed by atoms with Crippen LogP contribution in [0.2, 0.25) is 0 Å². The Hall–Kier alpha value is -2.62. The lowest BCUT2D eigenvalue weighted by molar-refractivity contribution is -0.154. The van der Waals surface area contributed by atoms with E-state index in [0.29, 0.717) is 17.7 Å². The second-order valence-electron chi connectivity index (χ2n) is 7.90. The lowest BCUT2D eigenvalue weighted by atomic mass is 9.87. The van der Waals surface area contributed by atoms with Crippen LogP contribution >= 0.6 is 0 Å². The van der Waals surface area contributed by atoms with Crippen molar-refractivity contribution in [1.29, 1.82) is 0 Å². The van der Waals surface area contributed by atoms with Gasteiger partial charge in [0.15, 0.2) is 0 Å². The fourth-order valence-corrected chi connectivity index (χ4v) is 2.76. The van der Waals surface area contributed by atoms with Crippen LogP contribution in [0.3, 0.4) is 0 Å². The first-order valence-corrected chi connectivity index (χ1v) is 9.86. The van der Waals surface area contributed by atoms with Crippen LogP contribution in [0.25, 0.3) is 0 Å². The van der Waals surface area contributed by atoms with E-state index in [1.165, 1.54) is 0 Å². The number of carbonyl (C=O) groups is 2. The number of rotatable bonds is 8. The Kier molecular flexibility index (Phi) is 7.80. The summed E-state index contributed by atoms with van der Waals surface area (Å²) in [4.78, 5) is 25.2. The summed E-state index contributed by atoms with van der Waals surface area (Å²) in [7, 11) is 0. The molecule has 1 atom stereocenters. The van der Waals surface area contributed by atoms with Crippen LogP contribution in [-0.2, 0) is 19.7 Å². The maximum atomic E-state index is 12.6. The number of carbonyl (C=O) groups excluding carboxylic acids is 2. The zero-order valence-electron chi connectivity index (χ0n) is 17.2. The molecule has 1 unspecified atom stereocenters. The van der Waals surface area contributed by atoms with Gasteiger partial charge in [0, 0.05) is 5.56 Å². The number of esters is 2. The minimum atomic E-state index is -1.07. The smallest absolute Gasteiger partial charge is 0.352 e. The van der Waals surface area contributed by atoms with Crippen LogP contribution in [0.5, 0.6) is 0 Å². The maximum Gasteiger partial charge on any atom is 0.352 e. The van der Waals surface area contributed by atoms with Crippen LogP contribution in [0.15, 0.2) is 54.6 Å². The molecule has 2 aromatic carbocycles. The summed E-state index contributed by atoms with van der Waals surface area (Å²) >= 11 is 0. The summed E-state index contributed by atoms with van der Waals surface area (Å²) < 4.78 is 10.9. The molecule has 0 saturated carbocycles. The van der Waals surface area contributed by atoms with Crippen molar-refractivity contribution >= 4 is 11.9 Å². The summed E-state index contributed by atoms with van der Waals surface area (Å²) in [6, 6.07) is 16.3. The molecule has 0 spiro atoms. The number of ether oxygens (including phenoxy) is 2. The first-order chi connectivity index (χ1) is 13.3. The van der Waals surface area contributed by atoms with Crippen LogP contribution in [-0.4, -0.2) is 18.5 Å². The van der Waals surface area contributed by atoms with Gasteiger partial charge in [0.2, 0.25) is 6.10 Å². The second kappa shape index (κ2) is 10.1. The Bertz CT molecular complexity index is 757. The van der Waals surface area contributed by atoms with Crippen molar-refractivity contribution in [3.8, 4) is 0 Å². The van der Waals surface area contributed by atoms with E-state index in [1.54, 1.807) is 36.4 Å². The van der Waals surface area contributed by atoms with Crippen LogP contribution in [0.4, 0.5) is 0 Å². The molecule has 0 aromatic heterocycles. The van der Waals surface area contributed by atoms with Gasteiger partial charge in [-0.1, -0.05) is 83.0 Å². The fourth-order valence-electron chi connectivity index (χ4n) is 2.76. The molecular formula is C24H30O4. The minimum absolute atomic E-state index is 0.00267. The van der Waals surface area contributed by atoms with E-state index < -0.39 is 18.0 Å². The third-order valence-corrected chi connectivity index (χ3v) is 4.52. The van der Waals surface area contributed by atoms with Gasteiger partial charge in [-0.05, 0) is 29.5 Å². The van der Waals surface area contributed by atoms with Gasteiger partial charge in [-0.3, -0.25) is 0 Å². The highest BCUT2D eigenvalue weighted by Crippen LogP contribution is 2.24. The Balaban J connectivity index is 2.13. The lowest BCUT2D eigenvalue weighted by Crippen LogP contribution is -2.22. The standard InChI is InChI=1S/C24H30O4/c1-5-6-10-17-27-23(26)21(18-11-8-7-9-12-18)28-22(25)19-13-15-20(16-14-19)24(2,3)4/h7-9,11-16,21H,5-6,10,17H2,1-4H3. The molecule has 4 heteroatoms. The molecular weight excluding hydrogens is 352 g/mol. The first-order valence-electron chi connectivity index (χ1n) is 9.86. The van der Waals surface area contributed by atoms with Crippen molar-refractivity contribution in [1.82, 2.24) is 0 Å². The molecule has 150 valence electrons. The second-order valence-corrected chi connectivity index (χ2v) is 7.90. The highest BCUT2D eigenvalue weighted by Gasteiger charge is 2.27. The minimum Gasteiger partial charge on any atom is -0.463 e. The Labute approximate surface area is 167 Å². The van der Waals surface area contributed by atoms with Crippen molar-refractivity contribution in [2.75, 3.05) is 6.61 Å². The molecule has 0 aliphatic rings. The van der Waals surface area contributed by atoms with Gasteiger partial charge in [0.05, 0.1) is 12.2 Å². The summed E-state index contributed by atoms with van der Waals surface area (Å²) in [6.45, 7) is 8.75. The van der Waals surface area contributed by atoms with E-state index in [9.17, 15) is 9.59 Å². The van der Waals surface area contributed by atoms with Gasteiger partial charge >= 0.3 is 11.9 Å². The SMILES string of the molecule is CCCCCOC(=O)C(OC(=O)c1ccc(C(C)(C)C)cc1)c1ccccc1. The molecule has 28 heavy (non-hydrogen) atoms. The van der Waals surface area contributed by atoms with Crippen LogP contribution in [0.1, 0.15) is 74.5 Å². The van der Waals surface area contributed by atoms with Gasteiger partial charge in [0.1, 0.15) is 0 Å². The summed E-state index contributed by atoms with van der Waals surface area (Å²) in [6.07, 6.45) is 1.76. The van der Waals surface area contributed by atoms with E-state index >= 15 is 0 Å². The third kappa shape index (κ3) is 6.22. The van der Waals surface area contributed by atoms with Gasteiger partial charge in [-0.25, -0.2) is 9.59 Å². The van der Waals surface area contributed by atoms with E-state index in [4.69, 9.17) is 9.47 Å². The number of hydrogen-bond donors (Lipinski definition) is 0. The predicted molar refractivity (Wildman–Crippen MR) is 110 cm³/mol. The first kappa shape index (κ1) is 21.7. The number of benzene rings is 2. The zero-order chi connectivity index (χ0) is 20.6. The van der Waals surface area contributed by atoms with Crippen molar-refractivity contribution in [3.63, 3.8) is 0 Å². The quantitative estimate of drug-likeness (QED) is 0.439. The summed E-state index contributed by atoms with van der Waals surface area (Å²) in [5.41, 5.74) is 2.13. The average Bonchev–Trinajstić information content (AvgIpc) is 2.69. The van der Waals surface area contributed by atoms with E-state index in [-0.39, 0.29) is 5.41 Å². The Morgan fingerprint density at radius 2 is 1.57 bits per heavy atom. The van der Waals surface area contributed by atoms with Gasteiger partial charge in [-0.15, -0.1) is 0 Å². The van der Waals surface area contributed by atoms with Gasteiger partial charge in [0.25, 0.3) is 0 Å². The summed E-state index contributed by atoms with van der Waals surface area (Å²) in [5.74, 6) is -1.08. The third-order valence-electron chi connectivity index (χ3n) is 4.52. The number of unbranched alkanes of at least 4 members (excludes halogenated alkanes) is 2. The molecule has 0 N–H and O–H groups in total. The molecule has 2 rings (SSSR count). The molecule has 0 saturated heterocycles. The molecule has 0 radical (unpaired) electrons. The van der Waals surface area contributed by atoms with Crippen molar-refractivity contribution in [3.05, 3.63) is 71.3 Å². The molecule has 4 nitrogen and oxygen atoms in total. The predicted octanol–water partition coefficient (Wildman–Crippen LogP) is 5.62. The van der Waals surface area contributed by atoms with Crippen molar-refractivity contribution in [2.24, 2.45) is 0 Å². The largest absolute Gasteiger partial charge is 0.463 e. The topological polar surface area (TPSA) is 52.6 Å². The molecule has 0 aliphatic carbocycles. The van der Waals surface area contributed by atoms with Crippen LogP contribution in [0, 0.1) is 0 Å². The van der Waals surface area contributed by atoms with E-state index in [0.717, 1.165) is 24.8 Å². The molecule has 0 fully saturated rings. The van der Waals surface area contributed by atoms with E-state index in [1.807, 2.05) is 18.2 Å². The molecule has 2 aromatic rings. The van der Waals surface area contributed by atoms with Gasteiger partial charge in [-0.2, -0.15) is 0 Å². The zero-order valence-corrected chi connectivity index (χ0v) is 17.2. The summed E-state index contributed by atoms with van der Waals surface area (Å²) in [5, 5.41) is 0. The van der Waals surface area contributed by atoms with E-state index in [2.05, 4.69) is 27.7 Å². The fraction of sp³-hybridized carbons (Fsp3) is 0.417. The average molecular weight is 383 g/mol. The lowest BCUT2D eigenvalue weighted by Gasteiger charge is -2.20. The maximum absolute atomic E-state index is 12.6. The highest BCUT2D eigenvalue weighted by atomic mass is 16.6.